The van der Waals surface area contributed by atoms with Gasteiger partial charge in [-0.2, -0.15) is 0 Å². The van der Waals surface area contributed by atoms with Crippen molar-refractivity contribution in [2.45, 2.75) is 57.9 Å². The first kappa shape index (κ1) is 16.2. The molecule has 0 spiro atoms. The average molecular weight is 389 g/mol. The van der Waals surface area contributed by atoms with Crippen LogP contribution in [0.3, 0.4) is 0 Å². The number of hydrogen-bond donors (Lipinski definition) is 2. The van der Waals surface area contributed by atoms with Crippen molar-refractivity contribution >= 4 is 32.7 Å². The van der Waals surface area contributed by atoms with E-state index in [1.807, 2.05) is 0 Å². The lowest BCUT2D eigenvalue weighted by Crippen LogP contribution is -2.42. The molecule has 1 aromatic carbocycles. The number of carbonyl (C=O) groups excluding carboxylic acids is 1. The van der Waals surface area contributed by atoms with Crippen molar-refractivity contribution in [3.8, 4) is 0 Å². The van der Waals surface area contributed by atoms with Gasteiger partial charge < -0.3 is 10.3 Å². The highest BCUT2D eigenvalue weighted by Crippen LogP contribution is 2.32. The summed E-state index contributed by atoms with van der Waals surface area (Å²) in [5, 5.41) is 4.64. The summed E-state index contributed by atoms with van der Waals surface area (Å²) in [5.41, 5.74) is 3.94. The van der Waals surface area contributed by atoms with Gasteiger partial charge >= 0.3 is 0 Å². The van der Waals surface area contributed by atoms with E-state index in [1.54, 1.807) is 0 Å². The zero-order chi connectivity index (χ0) is 16.7. The van der Waals surface area contributed by atoms with E-state index in [1.165, 1.54) is 35.0 Å². The second-order valence-electron chi connectivity index (χ2n) is 7.68. The summed E-state index contributed by atoms with van der Waals surface area (Å²) in [6.07, 6.45) is 7.52. The van der Waals surface area contributed by atoms with Crippen molar-refractivity contribution < 1.29 is 4.79 Å². The minimum absolute atomic E-state index is 0.236. The van der Waals surface area contributed by atoms with Gasteiger partial charge in [0.2, 0.25) is 5.91 Å². The van der Waals surface area contributed by atoms with E-state index in [-0.39, 0.29) is 17.9 Å². The molecule has 4 rings (SSSR count). The Hall–Kier alpha value is -1.29. The molecule has 4 heteroatoms. The summed E-state index contributed by atoms with van der Waals surface area (Å²) in [6.45, 7) is 2.30. The van der Waals surface area contributed by atoms with Crippen LogP contribution in [-0.2, 0) is 17.6 Å². The number of fused-ring (bicyclic) bond motifs is 3. The second-order valence-corrected chi connectivity index (χ2v) is 8.59. The van der Waals surface area contributed by atoms with E-state index in [9.17, 15) is 4.79 Å². The number of hydrogen-bond acceptors (Lipinski definition) is 1. The van der Waals surface area contributed by atoms with E-state index in [0.717, 1.165) is 42.5 Å². The minimum atomic E-state index is 0.236. The molecule has 2 aliphatic rings. The fourth-order valence-electron chi connectivity index (χ4n) is 4.35. The maximum atomic E-state index is 12.6. The van der Waals surface area contributed by atoms with E-state index in [0.29, 0.717) is 0 Å². The maximum Gasteiger partial charge on any atom is 0.223 e. The third-order valence-corrected chi connectivity index (χ3v) is 6.38. The van der Waals surface area contributed by atoms with Gasteiger partial charge in [0, 0.05) is 33.0 Å². The van der Waals surface area contributed by atoms with E-state index in [2.05, 4.69) is 51.4 Å². The Labute approximate surface area is 151 Å². The molecule has 2 aromatic rings. The maximum absolute atomic E-state index is 12.6. The standard InChI is InChI=1S/C20H25BrN2O/c1-12-2-4-13(5-3-12)20(24)22-15-7-9-19-17(11-15)16-10-14(21)6-8-18(16)23-19/h6,8,10,12-13,15,23H,2-5,7,9,11H2,1H3,(H,22,24). The number of H-pyrrole nitrogens is 1. The molecule has 0 bridgehead atoms. The summed E-state index contributed by atoms with van der Waals surface area (Å²) in [4.78, 5) is 16.2. The first-order valence-electron chi connectivity index (χ1n) is 9.19. The van der Waals surface area contributed by atoms with Gasteiger partial charge in [-0.3, -0.25) is 4.79 Å². The van der Waals surface area contributed by atoms with Crippen molar-refractivity contribution in [3.63, 3.8) is 0 Å². The Morgan fingerprint density at radius 2 is 2.00 bits per heavy atom. The molecule has 128 valence electrons. The van der Waals surface area contributed by atoms with E-state index < -0.39 is 0 Å². The predicted molar refractivity (Wildman–Crippen MR) is 101 cm³/mol. The summed E-state index contributed by atoms with van der Waals surface area (Å²) >= 11 is 3.57. The molecule has 1 unspecified atom stereocenters. The molecule has 24 heavy (non-hydrogen) atoms. The van der Waals surface area contributed by atoms with Gasteiger partial charge in [0.15, 0.2) is 0 Å². The lowest BCUT2D eigenvalue weighted by molar-refractivity contribution is -0.127. The average Bonchev–Trinajstić information content (AvgIpc) is 2.93. The highest BCUT2D eigenvalue weighted by Gasteiger charge is 2.28. The predicted octanol–water partition coefficient (Wildman–Crippen LogP) is 4.73. The minimum Gasteiger partial charge on any atom is -0.358 e. The number of halogens is 1. The molecular weight excluding hydrogens is 364 g/mol. The van der Waals surface area contributed by atoms with Gasteiger partial charge in [0.25, 0.3) is 0 Å². The van der Waals surface area contributed by atoms with E-state index in [4.69, 9.17) is 0 Å². The molecule has 0 aliphatic heterocycles. The largest absolute Gasteiger partial charge is 0.358 e. The highest BCUT2D eigenvalue weighted by molar-refractivity contribution is 9.10. The Balaban J connectivity index is 1.47. The Kier molecular flexibility index (Phi) is 4.42. The molecule has 0 saturated heterocycles. The molecule has 2 aliphatic carbocycles. The van der Waals surface area contributed by atoms with Gasteiger partial charge in [-0.15, -0.1) is 0 Å². The zero-order valence-corrected chi connectivity index (χ0v) is 15.8. The molecule has 1 saturated carbocycles. The van der Waals surface area contributed by atoms with Crippen molar-refractivity contribution in [2.24, 2.45) is 11.8 Å². The number of amides is 1. The monoisotopic (exact) mass is 388 g/mol. The van der Waals surface area contributed by atoms with Crippen LogP contribution in [0.5, 0.6) is 0 Å². The van der Waals surface area contributed by atoms with Gasteiger partial charge in [-0.05, 0) is 74.6 Å². The number of benzene rings is 1. The molecule has 1 amide bonds. The number of aryl methyl sites for hydroxylation is 1. The lowest BCUT2D eigenvalue weighted by atomic mass is 9.82. The third kappa shape index (κ3) is 3.13. The van der Waals surface area contributed by atoms with Gasteiger partial charge in [0.1, 0.15) is 0 Å². The van der Waals surface area contributed by atoms with Crippen LogP contribution in [0.4, 0.5) is 0 Å². The van der Waals surface area contributed by atoms with Crippen LogP contribution in [0, 0.1) is 11.8 Å². The number of rotatable bonds is 2. The van der Waals surface area contributed by atoms with Gasteiger partial charge in [0.05, 0.1) is 0 Å². The fraction of sp³-hybridized carbons (Fsp3) is 0.550. The Morgan fingerprint density at radius 3 is 2.79 bits per heavy atom. The van der Waals surface area contributed by atoms with Crippen molar-refractivity contribution in [1.82, 2.24) is 10.3 Å². The van der Waals surface area contributed by atoms with Crippen LogP contribution >= 0.6 is 15.9 Å². The quantitative estimate of drug-likeness (QED) is 0.766. The second kappa shape index (κ2) is 6.55. The third-order valence-electron chi connectivity index (χ3n) is 5.88. The molecular formula is C20H25BrN2O. The van der Waals surface area contributed by atoms with Crippen LogP contribution < -0.4 is 5.32 Å². The Morgan fingerprint density at radius 1 is 1.21 bits per heavy atom. The normalized spacial score (nSPS) is 27.0. The number of aromatic amines is 1. The van der Waals surface area contributed by atoms with Crippen molar-refractivity contribution in [2.75, 3.05) is 0 Å². The first-order valence-corrected chi connectivity index (χ1v) is 9.99. The van der Waals surface area contributed by atoms with Crippen molar-refractivity contribution in [3.05, 3.63) is 33.9 Å². The molecule has 1 heterocycles. The summed E-state index contributed by atoms with van der Waals surface area (Å²) < 4.78 is 1.11. The number of aromatic nitrogens is 1. The zero-order valence-electron chi connectivity index (χ0n) is 14.2. The van der Waals surface area contributed by atoms with Crippen LogP contribution in [0.1, 0.15) is 50.3 Å². The smallest absolute Gasteiger partial charge is 0.223 e. The summed E-state index contributed by atoms with van der Waals surface area (Å²) in [7, 11) is 0. The number of nitrogens with one attached hydrogen (secondary N) is 2. The molecule has 3 nitrogen and oxygen atoms in total. The highest BCUT2D eigenvalue weighted by atomic mass is 79.9. The summed E-state index contributed by atoms with van der Waals surface area (Å²) in [6, 6.07) is 6.68. The first-order chi connectivity index (χ1) is 11.6. The number of carbonyl (C=O) groups is 1. The van der Waals surface area contributed by atoms with Gasteiger partial charge in [-0.25, -0.2) is 0 Å². The van der Waals surface area contributed by atoms with Crippen LogP contribution in [-0.4, -0.2) is 16.9 Å². The van der Waals surface area contributed by atoms with Crippen LogP contribution in [0.2, 0.25) is 0 Å². The van der Waals surface area contributed by atoms with Crippen molar-refractivity contribution in [1.29, 1.82) is 0 Å². The van der Waals surface area contributed by atoms with E-state index >= 15 is 0 Å². The summed E-state index contributed by atoms with van der Waals surface area (Å²) in [5.74, 6) is 1.31. The fourth-order valence-corrected chi connectivity index (χ4v) is 4.71. The molecule has 1 atom stereocenters. The molecule has 2 N–H and O–H groups in total. The van der Waals surface area contributed by atoms with Crippen LogP contribution in [0.25, 0.3) is 10.9 Å². The SMILES string of the molecule is CC1CCC(C(=O)NC2CCc3[nH]c4ccc(Br)cc4c3C2)CC1. The topological polar surface area (TPSA) is 44.9 Å². The molecule has 0 radical (unpaired) electrons. The van der Waals surface area contributed by atoms with Gasteiger partial charge in [-0.1, -0.05) is 22.9 Å². The van der Waals surface area contributed by atoms with Crippen LogP contribution in [0.15, 0.2) is 22.7 Å². The molecule has 1 fully saturated rings. The Bertz CT molecular complexity index is 758. The molecule has 1 aromatic heterocycles. The lowest BCUT2D eigenvalue weighted by Gasteiger charge is -2.29.